The Morgan fingerprint density at radius 2 is 2.00 bits per heavy atom. The minimum atomic E-state index is 0.412. The highest BCUT2D eigenvalue weighted by Crippen LogP contribution is 2.17. The molecule has 0 radical (unpaired) electrons. The number of piperidine rings is 1. The van der Waals surface area contributed by atoms with Crippen molar-refractivity contribution in [2.75, 3.05) is 31.6 Å². The zero-order valence-corrected chi connectivity index (χ0v) is 11.2. The average molecular weight is 250 g/mol. The Bertz CT molecular complexity index is 347. The van der Waals surface area contributed by atoms with Gasteiger partial charge in [-0.05, 0) is 26.8 Å². The molecule has 0 amide bonds. The van der Waals surface area contributed by atoms with Crippen LogP contribution in [0.25, 0.3) is 0 Å². The summed E-state index contributed by atoms with van der Waals surface area (Å²) in [6, 6.07) is 0. The molecule has 2 rings (SSSR count). The molecule has 0 spiro atoms. The van der Waals surface area contributed by atoms with E-state index in [-0.39, 0.29) is 0 Å². The Balaban J connectivity index is 1.89. The van der Waals surface area contributed by atoms with Gasteiger partial charge in [0.15, 0.2) is 0 Å². The van der Waals surface area contributed by atoms with Crippen molar-refractivity contribution >= 4 is 5.95 Å². The van der Waals surface area contributed by atoms with Crippen LogP contribution in [0.3, 0.4) is 0 Å². The molecule has 0 bridgehead atoms. The molecule has 0 aliphatic carbocycles. The third-order valence-electron chi connectivity index (χ3n) is 3.20. The van der Waals surface area contributed by atoms with Crippen LogP contribution in [0, 0.1) is 0 Å². The van der Waals surface area contributed by atoms with Crippen LogP contribution in [0.5, 0.6) is 0 Å². The molecular formula is C13H22N4O. The van der Waals surface area contributed by atoms with E-state index in [1.54, 1.807) is 0 Å². The third-order valence-corrected chi connectivity index (χ3v) is 3.20. The highest BCUT2D eigenvalue weighted by molar-refractivity contribution is 5.30. The molecule has 1 aliphatic heterocycles. The highest BCUT2D eigenvalue weighted by atomic mass is 16.5. The minimum Gasteiger partial charge on any atom is -0.378 e. The molecule has 1 N–H and O–H groups in total. The fourth-order valence-corrected chi connectivity index (χ4v) is 2.26. The predicted octanol–water partition coefficient (Wildman–Crippen LogP) is 1.20. The second kappa shape index (κ2) is 6.66. The standard InChI is InChI=1S/C13H22N4O/c1-3-18-12-4-6-17(7-5-12)13-15-9-11(8-14-2)10-16-13/h9-10,12,14H,3-8H2,1-2H3. The van der Waals surface area contributed by atoms with Gasteiger partial charge in [0.25, 0.3) is 0 Å². The molecule has 1 aromatic rings. The number of nitrogens with one attached hydrogen (secondary N) is 1. The van der Waals surface area contributed by atoms with Gasteiger partial charge in [-0.15, -0.1) is 0 Å². The zero-order valence-electron chi connectivity index (χ0n) is 11.2. The number of anilines is 1. The molecule has 5 heteroatoms. The first-order valence-corrected chi connectivity index (χ1v) is 6.65. The van der Waals surface area contributed by atoms with E-state index in [9.17, 15) is 0 Å². The van der Waals surface area contributed by atoms with Gasteiger partial charge in [0.2, 0.25) is 5.95 Å². The molecule has 0 unspecified atom stereocenters. The molecule has 5 nitrogen and oxygen atoms in total. The summed E-state index contributed by atoms with van der Waals surface area (Å²) in [6.07, 6.45) is 6.33. The summed E-state index contributed by atoms with van der Waals surface area (Å²) in [5, 5.41) is 3.09. The lowest BCUT2D eigenvalue weighted by molar-refractivity contribution is 0.0457. The molecule has 100 valence electrons. The van der Waals surface area contributed by atoms with Crippen molar-refractivity contribution in [1.82, 2.24) is 15.3 Å². The SMILES string of the molecule is CCOC1CCN(c2ncc(CNC)cn2)CC1. The third kappa shape index (κ3) is 3.40. The van der Waals surface area contributed by atoms with E-state index < -0.39 is 0 Å². The van der Waals surface area contributed by atoms with E-state index in [0.29, 0.717) is 6.10 Å². The number of hydrogen-bond donors (Lipinski definition) is 1. The summed E-state index contributed by atoms with van der Waals surface area (Å²) < 4.78 is 5.64. The number of ether oxygens (including phenoxy) is 1. The van der Waals surface area contributed by atoms with Gasteiger partial charge in [-0.25, -0.2) is 9.97 Å². The van der Waals surface area contributed by atoms with Crippen LogP contribution in [0.15, 0.2) is 12.4 Å². The second-order valence-electron chi connectivity index (χ2n) is 4.56. The largest absolute Gasteiger partial charge is 0.378 e. The van der Waals surface area contributed by atoms with Crippen molar-refractivity contribution in [3.63, 3.8) is 0 Å². The quantitative estimate of drug-likeness (QED) is 0.851. The van der Waals surface area contributed by atoms with Gasteiger partial charge in [0.05, 0.1) is 6.10 Å². The number of rotatable bonds is 5. The van der Waals surface area contributed by atoms with Crippen molar-refractivity contribution in [2.24, 2.45) is 0 Å². The first-order valence-electron chi connectivity index (χ1n) is 6.65. The summed E-state index contributed by atoms with van der Waals surface area (Å²) >= 11 is 0. The van der Waals surface area contributed by atoms with E-state index >= 15 is 0 Å². The maximum atomic E-state index is 5.64. The Morgan fingerprint density at radius 3 is 2.56 bits per heavy atom. The normalized spacial score (nSPS) is 17.1. The first-order chi connectivity index (χ1) is 8.83. The van der Waals surface area contributed by atoms with Crippen LogP contribution in [-0.4, -0.2) is 42.8 Å². The first kappa shape index (κ1) is 13.2. The molecule has 0 atom stereocenters. The van der Waals surface area contributed by atoms with Gasteiger partial charge in [-0.1, -0.05) is 0 Å². The number of nitrogens with zero attached hydrogens (tertiary/aromatic N) is 3. The van der Waals surface area contributed by atoms with Crippen LogP contribution in [0.2, 0.25) is 0 Å². The van der Waals surface area contributed by atoms with Gasteiger partial charge < -0.3 is 15.0 Å². The van der Waals surface area contributed by atoms with Gasteiger partial charge in [0.1, 0.15) is 0 Å². The molecule has 1 aromatic heterocycles. The summed E-state index contributed by atoms with van der Waals surface area (Å²) in [6.45, 7) is 5.63. The topological polar surface area (TPSA) is 50.3 Å². The predicted molar refractivity (Wildman–Crippen MR) is 71.7 cm³/mol. The number of hydrogen-bond acceptors (Lipinski definition) is 5. The van der Waals surface area contributed by atoms with Gasteiger partial charge in [0, 0.05) is 44.2 Å². The lowest BCUT2D eigenvalue weighted by Gasteiger charge is -2.31. The zero-order chi connectivity index (χ0) is 12.8. The molecule has 2 heterocycles. The Kier molecular flexibility index (Phi) is 4.90. The second-order valence-corrected chi connectivity index (χ2v) is 4.56. The fourth-order valence-electron chi connectivity index (χ4n) is 2.26. The van der Waals surface area contributed by atoms with E-state index in [0.717, 1.165) is 50.6 Å². The molecule has 1 saturated heterocycles. The smallest absolute Gasteiger partial charge is 0.225 e. The lowest BCUT2D eigenvalue weighted by atomic mass is 10.1. The average Bonchev–Trinajstić information content (AvgIpc) is 2.41. The summed E-state index contributed by atoms with van der Waals surface area (Å²) in [7, 11) is 1.92. The maximum absolute atomic E-state index is 5.64. The minimum absolute atomic E-state index is 0.412. The number of aromatic nitrogens is 2. The fraction of sp³-hybridized carbons (Fsp3) is 0.692. The Hall–Kier alpha value is -1.20. The van der Waals surface area contributed by atoms with Crippen LogP contribution in [0.1, 0.15) is 25.3 Å². The summed E-state index contributed by atoms with van der Waals surface area (Å²) in [4.78, 5) is 11.1. The van der Waals surface area contributed by atoms with Crippen molar-refractivity contribution in [3.8, 4) is 0 Å². The summed E-state index contributed by atoms with van der Waals surface area (Å²) in [5.74, 6) is 0.838. The van der Waals surface area contributed by atoms with E-state index in [2.05, 4.69) is 27.1 Å². The van der Waals surface area contributed by atoms with Gasteiger partial charge in [-0.3, -0.25) is 0 Å². The van der Waals surface area contributed by atoms with Crippen molar-refractivity contribution in [3.05, 3.63) is 18.0 Å². The van der Waals surface area contributed by atoms with Crippen LogP contribution in [0.4, 0.5) is 5.95 Å². The Labute approximate surface area is 109 Å². The monoisotopic (exact) mass is 250 g/mol. The van der Waals surface area contributed by atoms with Crippen LogP contribution >= 0.6 is 0 Å². The van der Waals surface area contributed by atoms with Gasteiger partial charge in [-0.2, -0.15) is 0 Å². The van der Waals surface area contributed by atoms with E-state index in [1.165, 1.54) is 0 Å². The van der Waals surface area contributed by atoms with Crippen LogP contribution in [-0.2, 0) is 11.3 Å². The molecule has 0 aromatic carbocycles. The van der Waals surface area contributed by atoms with Crippen molar-refractivity contribution < 1.29 is 4.74 Å². The lowest BCUT2D eigenvalue weighted by Crippen LogP contribution is -2.38. The molecule has 0 saturated carbocycles. The van der Waals surface area contributed by atoms with Crippen molar-refractivity contribution in [1.29, 1.82) is 0 Å². The molecule has 1 aliphatic rings. The molecule has 1 fully saturated rings. The molecular weight excluding hydrogens is 228 g/mol. The maximum Gasteiger partial charge on any atom is 0.225 e. The van der Waals surface area contributed by atoms with E-state index in [1.807, 2.05) is 19.4 Å². The van der Waals surface area contributed by atoms with Crippen LogP contribution < -0.4 is 10.2 Å². The summed E-state index contributed by atoms with van der Waals surface area (Å²) in [5.41, 5.74) is 1.12. The van der Waals surface area contributed by atoms with Crippen molar-refractivity contribution in [2.45, 2.75) is 32.4 Å². The Morgan fingerprint density at radius 1 is 1.33 bits per heavy atom. The molecule has 18 heavy (non-hydrogen) atoms. The highest BCUT2D eigenvalue weighted by Gasteiger charge is 2.20. The van der Waals surface area contributed by atoms with E-state index in [4.69, 9.17) is 4.74 Å². The van der Waals surface area contributed by atoms with Gasteiger partial charge >= 0.3 is 0 Å².